The van der Waals surface area contributed by atoms with Crippen molar-refractivity contribution < 1.29 is 9.53 Å². The normalized spacial score (nSPS) is 14.8. The van der Waals surface area contributed by atoms with E-state index in [0.717, 1.165) is 35.3 Å². The second-order valence-corrected chi connectivity index (χ2v) is 7.22. The second kappa shape index (κ2) is 8.34. The Bertz CT molecular complexity index is 941. The minimum atomic E-state index is -0.538. The van der Waals surface area contributed by atoms with Gasteiger partial charge in [-0.05, 0) is 55.0 Å². The Kier molecular flexibility index (Phi) is 5.47. The van der Waals surface area contributed by atoms with Crippen molar-refractivity contribution in [3.8, 4) is 5.75 Å². The lowest BCUT2D eigenvalue weighted by molar-refractivity contribution is -0.122. The van der Waals surface area contributed by atoms with Crippen LogP contribution < -0.4 is 15.0 Å². The predicted octanol–water partition coefficient (Wildman–Crippen LogP) is 5.24. The number of nitrogens with zero attached hydrogens (tertiary/aromatic N) is 1. The maximum Gasteiger partial charge on any atom is 0.265 e. The van der Waals surface area contributed by atoms with Crippen LogP contribution in [0.4, 0.5) is 11.4 Å². The highest BCUT2D eigenvalue weighted by atomic mass is 16.5. The highest BCUT2D eigenvalue weighted by molar-refractivity contribution is 5.95. The molecule has 0 radical (unpaired) electrons. The fraction of sp³-hybridized carbons (Fsp3) is 0.292. The van der Waals surface area contributed by atoms with Crippen molar-refractivity contribution in [1.29, 1.82) is 0 Å². The summed E-state index contributed by atoms with van der Waals surface area (Å²) >= 11 is 0. The van der Waals surface area contributed by atoms with Crippen molar-refractivity contribution >= 4 is 28.1 Å². The highest BCUT2D eigenvalue weighted by Gasteiger charge is 2.20. The molecule has 1 N–H and O–H groups in total. The summed E-state index contributed by atoms with van der Waals surface area (Å²) in [5.74, 6) is 0.619. The van der Waals surface area contributed by atoms with Crippen LogP contribution in [0.3, 0.4) is 0 Å². The molecule has 0 aliphatic carbocycles. The zero-order valence-electron chi connectivity index (χ0n) is 16.2. The van der Waals surface area contributed by atoms with E-state index >= 15 is 0 Å². The molecule has 1 fully saturated rings. The first kappa shape index (κ1) is 18.4. The molecule has 1 unspecified atom stereocenters. The molecule has 4 rings (SSSR count). The molecular formula is C24H26N2O2. The number of fused-ring (bicyclic) bond motifs is 1. The molecule has 1 aliphatic rings. The lowest BCUT2D eigenvalue weighted by atomic mass is 10.1. The molecule has 0 aromatic heterocycles. The van der Waals surface area contributed by atoms with Gasteiger partial charge in [-0.25, -0.2) is 0 Å². The van der Waals surface area contributed by atoms with Crippen LogP contribution in [0.15, 0.2) is 66.7 Å². The summed E-state index contributed by atoms with van der Waals surface area (Å²) in [5.41, 5.74) is 2.02. The number of ether oxygens (including phenoxy) is 1. The van der Waals surface area contributed by atoms with Gasteiger partial charge in [-0.1, -0.05) is 43.3 Å². The number of benzene rings is 3. The number of rotatable bonds is 6. The molecule has 1 atom stereocenters. The van der Waals surface area contributed by atoms with E-state index < -0.39 is 6.10 Å². The minimum absolute atomic E-state index is 0.121. The zero-order valence-corrected chi connectivity index (χ0v) is 16.2. The number of anilines is 2. The van der Waals surface area contributed by atoms with Crippen LogP contribution in [0.2, 0.25) is 0 Å². The van der Waals surface area contributed by atoms with Crippen LogP contribution in [0, 0.1) is 0 Å². The Balaban J connectivity index is 1.45. The van der Waals surface area contributed by atoms with E-state index in [2.05, 4.69) is 22.3 Å². The molecule has 0 bridgehead atoms. The van der Waals surface area contributed by atoms with Crippen LogP contribution in [0.5, 0.6) is 5.75 Å². The molecule has 28 heavy (non-hydrogen) atoms. The first-order chi connectivity index (χ1) is 13.7. The predicted molar refractivity (Wildman–Crippen MR) is 115 cm³/mol. The van der Waals surface area contributed by atoms with Gasteiger partial charge in [0, 0.05) is 29.9 Å². The first-order valence-electron chi connectivity index (χ1n) is 10.0. The highest BCUT2D eigenvalue weighted by Crippen LogP contribution is 2.27. The zero-order chi connectivity index (χ0) is 19.3. The van der Waals surface area contributed by atoms with Gasteiger partial charge >= 0.3 is 0 Å². The van der Waals surface area contributed by atoms with Crippen LogP contribution in [0.1, 0.15) is 26.2 Å². The molecule has 4 nitrogen and oxygen atoms in total. The monoisotopic (exact) mass is 374 g/mol. The van der Waals surface area contributed by atoms with Gasteiger partial charge in [0.1, 0.15) is 5.75 Å². The molecule has 1 saturated heterocycles. The van der Waals surface area contributed by atoms with Gasteiger partial charge in [-0.2, -0.15) is 0 Å². The van der Waals surface area contributed by atoms with Gasteiger partial charge in [-0.15, -0.1) is 0 Å². The van der Waals surface area contributed by atoms with Crippen LogP contribution in [-0.4, -0.2) is 25.1 Å². The Hall–Kier alpha value is -3.01. The van der Waals surface area contributed by atoms with Crippen molar-refractivity contribution in [1.82, 2.24) is 0 Å². The van der Waals surface area contributed by atoms with Gasteiger partial charge in [0.15, 0.2) is 6.10 Å². The third-order valence-corrected chi connectivity index (χ3v) is 5.29. The van der Waals surface area contributed by atoms with E-state index in [0.29, 0.717) is 6.42 Å². The molecule has 1 aliphatic heterocycles. The van der Waals surface area contributed by atoms with E-state index in [1.807, 2.05) is 61.5 Å². The number of carbonyl (C=O) groups excluding carboxylic acids is 1. The number of hydrogen-bond acceptors (Lipinski definition) is 3. The molecule has 0 saturated carbocycles. The van der Waals surface area contributed by atoms with Crippen molar-refractivity contribution in [3.63, 3.8) is 0 Å². The molecular weight excluding hydrogens is 348 g/mol. The smallest absolute Gasteiger partial charge is 0.265 e. The maximum atomic E-state index is 12.8. The lowest BCUT2D eigenvalue weighted by Gasteiger charge is -2.20. The van der Waals surface area contributed by atoms with Gasteiger partial charge in [-0.3, -0.25) is 4.79 Å². The van der Waals surface area contributed by atoms with Crippen LogP contribution in [0.25, 0.3) is 10.8 Å². The summed E-state index contributed by atoms with van der Waals surface area (Å²) in [5, 5.41) is 5.12. The standard InChI is InChI=1S/C24H26N2O2/c1-2-22(28-23-11-7-9-18-8-3-4-10-21(18)23)24(27)25-19-12-14-20(15-13-19)26-16-5-6-17-26/h3-4,7-15,22H,2,5-6,16-17H2,1H3,(H,25,27). The fourth-order valence-corrected chi connectivity index (χ4v) is 3.73. The average Bonchev–Trinajstić information content (AvgIpc) is 3.27. The van der Waals surface area contributed by atoms with Crippen molar-refractivity contribution in [3.05, 3.63) is 66.7 Å². The molecule has 3 aromatic rings. The minimum Gasteiger partial charge on any atom is -0.480 e. The summed E-state index contributed by atoms with van der Waals surface area (Å²) in [4.78, 5) is 15.2. The first-order valence-corrected chi connectivity index (χ1v) is 10.0. The number of nitrogens with one attached hydrogen (secondary N) is 1. The largest absolute Gasteiger partial charge is 0.480 e. The lowest BCUT2D eigenvalue weighted by Crippen LogP contribution is -2.32. The summed E-state index contributed by atoms with van der Waals surface area (Å²) in [7, 11) is 0. The van der Waals surface area contributed by atoms with Gasteiger partial charge in [0.2, 0.25) is 0 Å². The number of hydrogen-bond donors (Lipinski definition) is 1. The molecule has 1 amide bonds. The van der Waals surface area contributed by atoms with Crippen molar-refractivity contribution in [2.24, 2.45) is 0 Å². The summed E-state index contributed by atoms with van der Waals surface area (Å²) in [6.45, 7) is 4.19. The quantitative estimate of drug-likeness (QED) is 0.642. The third kappa shape index (κ3) is 3.96. The number of carbonyl (C=O) groups is 1. The van der Waals surface area contributed by atoms with Crippen LogP contribution >= 0.6 is 0 Å². The van der Waals surface area contributed by atoms with Gasteiger partial charge < -0.3 is 15.0 Å². The van der Waals surface area contributed by atoms with E-state index in [9.17, 15) is 4.79 Å². The number of amides is 1. The maximum absolute atomic E-state index is 12.8. The molecule has 1 heterocycles. The van der Waals surface area contributed by atoms with E-state index in [1.54, 1.807) is 0 Å². The topological polar surface area (TPSA) is 41.6 Å². The molecule has 144 valence electrons. The Morgan fingerprint density at radius 2 is 1.71 bits per heavy atom. The average molecular weight is 374 g/mol. The van der Waals surface area contributed by atoms with Crippen molar-refractivity contribution in [2.45, 2.75) is 32.3 Å². The van der Waals surface area contributed by atoms with E-state index in [1.165, 1.54) is 18.5 Å². The second-order valence-electron chi connectivity index (χ2n) is 7.22. The van der Waals surface area contributed by atoms with Crippen molar-refractivity contribution in [2.75, 3.05) is 23.3 Å². The van der Waals surface area contributed by atoms with Gasteiger partial charge in [0.05, 0.1) is 0 Å². The Morgan fingerprint density at radius 1 is 1.00 bits per heavy atom. The molecule has 0 spiro atoms. The fourth-order valence-electron chi connectivity index (χ4n) is 3.73. The van der Waals surface area contributed by atoms with E-state index in [-0.39, 0.29) is 5.91 Å². The molecule has 4 heteroatoms. The Morgan fingerprint density at radius 3 is 2.46 bits per heavy atom. The van der Waals surface area contributed by atoms with E-state index in [4.69, 9.17) is 4.74 Å². The van der Waals surface area contributed by atoms with Gasteiger partial charge in [0.25, 0.3) is 5.91 Å². The third-order valence-electron chi connectivity index (χ3n) is 5.29. The Labute approximate surface area is 166 Å². The summed E-state index contributed by atoms with van der Waals surface area (Å²) in [6, 6.07) is 22.1. The summed E-state index contributed by atoms with van der Waals surface area (Å²) in [6.07, 6.45) is 2.56. The summed E-state index contributed by atoms with van der Waals surface area (Å²) < 4.78 is 6.10. The van der Waals surface area contributed by atoms with Crippen LogP contribution in [-0.2, 0) is 4.79 Å². The SMILES string of the molecule is CCC(Oc1cccc2ccccc12)C(=O)Nc1ccc(N2CCCC2)cc1. The molecule has 3 aromatic carbocycles.